The van der Waals surface area contributed by atoms with Crippen LogP contribution in [0.5, 0.6) is 0 Å². The first-order valence-electron chi connectivity index (χ1n) is 3.58. The zero-order valence-corrected chi connectivity index (χ0v) is 6.60. The Kier molecular flexibility index (Phi) is 2.96. The summed E-state index contributed by atoms with van der Waals surface area (Å²) in [5, 5.41) is 0. The van der Waals surface area contributed by atoms with Gasteiger partial charge < -0.3 is 0 Å². The minimum Gasteiger partial charge on any atom is -0.299 e. The van der Waals surface area contributed by atoms with E-state index < -0.39 is 0 Å². The summed E-state index contributed by atoms with van der Waals surface area (Å²) in [6.07, 6.45) is 7.22. The highest BCUT2D eigenvalue weighted by Crippen LogP contribution is 2.07. The highest BCUT2D eigenvalue weighted by atomic mass is 16.1. The summed E-state index contributed by atoms with van der Waals surface area (Å²) in [5.74, 6) is 0. The molecule has 0 saturated heterocycles. The number of carbonyl (C=O) groups is 1. The SMILES string of the molecule is C=Cc1ncccc1/C=C/C=O. The quantitative estimate of drug-likeness (QED) is 0.498. The topological polar surface area (TPSA) is 30.0 Å². The molecule has 0 atom stereocenters. The van der Waals surface area contributed by atoms with E-state index in [9.17, 15) is 4.79 Å². The molecule has 0 aliphatic rings. The molecule has 0 amide bonds. The van der Waals surface area contributed by atoms with Gasteiger partial charge in [0.05, 0.1) is 5.69 Å². The fourth-order valence-corrected chi connectivity index (χ4v) is 0.884. The molecule has 0 aliphatic carbocycles. The standard InChI is InChI=1S/C10H9NO/c1-2-10-9(6-4-8-12)5-3-7-11-10/h2-8H,1H2/b6-4+. The summed E-state index contributed by atoms with van der Waals surface area (Å²) in [4.78, 5) is 14.1. The van der Waals surface area contributed by atoms with Gasteiger partial charge in [-0.3, -0.25) is 9.78 Å². The van der Waals surface area contributed by atoms with Crippen LogP contribution in [-0.2, 0) is 4.79 Å². The number of hydrogen-bond donors (Lipinski definition) is 0. The molecule has 2 nitrogen and oxygen atoms in total. The lowest BCUT2D eigenvalue weighted by Crippen LogP contribution is -1.83. The predicted octanol–water partition coefficient (Wildman–Crippen LogP) is 1.94. The van der Waals surface area contributed by atoms with Crippen LogP contribution in [0.25, 0.3) is 12.2 Å². The molecular formula is C10H9NO. The number of rotatable bonds is 3. The minimum atomic E-state index is 0.736. The lowest BCUT2D eigenvalue weighted by Gasteiger charge is -1.96. The summed E-state index contributed by atoms with van der Waals surface area (Å²) in [6.45, 7) is 3.61. The monoisotopic (exact) mass is 159 g/mol. The molecule has 0 aliphatic heterocycles. The Morgan fingerprint density at radius 3 is 3.00 bits per heavy atom. The van der Waals surface area contributed by atoms with Crippen LogP contribution >= 0.6 is 0 Å². The van der Waals surface area contributed by atoms with Gasteiger partial charge in [-0.05, 0) is 24.3 Å². The summed E-state index contributed by atoms with van der Waals surface area (Å²) in [6, 6.07) is 3.70. The van der Waals surface area contributed by atoms with Crippen LogP contribution in [0.1, 0.15) is 11.3 Å². The van der Waals surface area contributed by atoms with Crippen molar-refractivity contribution < 1.29 is 4.79 Å². The second kappa shape index (κ2) is 4.23. The Bertz CT molecular complexity index is 315. The van der Waals surface area contributed by atoms with Crippen molar-refractivity contribution in [2.45, 2.75) is 0 Å². The van der Waals surface area contributed by atoms with Gasteiger partial charge in [-0.2, -0.15) is 0 Å². The van der Waals surface area contributed by atoms with Crippen LogP contribution in [0, 0.1) is 0 Å². The van der Waals surface area contributed by atoms with E-state index in [2.05, 4.69) is 11.6 Å². The van der Waals surface area contributed by atoms with E-state index in [-0.39, 0.29) is 0 Å². The second-order valence-corrected chi connectivity index (χ2v) is 2.18. The molecule has 0 spiro atoms. The molecule has 2 heteroatoms. The molecule has 60 valence electrons. The van der Waals surface area contributed by atoms with Gasteiger partial charge in [-0.1, -0.05) is 12.6 Å². The van der Waals surface area contributed by atoms with Gasteiger partial charge in [0.15, 0.2) is 0 Å². The van der Waals surface area contributed by atoms with Crippen molar-refractivity contribution >= 4 is 18.4 Å². The van der Waals surface area contributed by atoms with E-state index in [1.807, 2.05) is 12.1 Å². The zero-order valence-electron chi connectivity index (χ0n) is 6.60. The molecule has 0 aromatic carbocycles. The first kappa shape index (κ1) is 8.40. The number of hydrogen-bond acceptors (Lipinski definition) is 2. The van der Waals surface area contributed by atoms with Crippen LogP contribution in [0.15, 0.2) is 31.0 Å². The third kappa shape index (κ3) is 1.89. The Morgan fingerprint density at radius 1 is 1.50 bits per heavy atom. The molecule has 0 fully saturated rings. The van der Waals surface area contributed by atoms with Crippen LogP contribution < -0.4 is 0 Å². The van der Waals surface area contributed by atoms with E-state index >= 15 is 0 Å². The van der Waals surface area contributed by atoms with Crippen molar-refractivity contribution in [3.05, 3.63) is 42.2 Å². The first-order chi connectivity index (χ1) is 5.88. The maximum absolute atomic E-state index is 10.0. The molecule has 1 heterocycles. The predicted molar refractivity (Wildman–Crippen MR) is 49.4 cm³/mol. The molecule has 1 aromatic rings. The highest BCUT2D eigenvalue weighted by molar-refractivity contribution is 5.75. The van der Waals surface area contributed by atoms with E-state index in [1.54, 1.807) is 18.3 Å². The Morgan fingerprint density at radius 2 is 2.33 bits per heavy atom. The van der Waals surface area contributed by atoms with Crippen LogP contribution in [0.2, 0.25) is 0 Å². The molecule has 1 rings (SSSR count). The summed E-state index contributed by atoms with van der Waals surface area (Å²) < 4.78 is 0. The van der Waals surface area contributed by atoms with Gasteiger partial charge in [0.1, 0.15) is 6.29 Å². The molecular weight excluding hydrogens is 150 g/mol. The number of aldehydes is 1. The van der Waals surface area contributed by atoms with E-state index in [0.29, 0.717) is 0 Å². The lowest BCUT2D eigenvalue weighted by atomic mass is 10.2. The molecule has 1 aromatic heterocycles. The fourth-order valence-electron chi connectivity index (χ4n) is 0.884. The van der Waals surface area contributed by atoms with Crippen LogP contribution in [0.3, 0.4) is 0 Å². The number of nitrogens with zero attached hydrogens (tertiary/aromatic N) is 1. The van der Waals surface area contributed by atoms with Gasteiger partial charge >= 0.3 is 0 Å². The van der Waals surface area contributed by atoms with Gasteiger partial charge in [-0.25, -0.2) is 0 Å². The smallest absolute Gasteiger partial charge is 0.142 e. The number of allylic oxidation sites excluding steroid dienone is 1. The number of aromatic nitrogens is 1. The Hall–Kier alpha value is -1.70. The van der Waals surface area contributed by atoms with E-state index in [1.165, 1.54) is 6.08 Å². The molecule has 0 radical (unpaired) electrons. The molecule has 0 bridgehead atoms. The summed E-state index contributed by atoms with van der Waals surface area (Å²) in [7, 11) is 0. The van der Waals surface area contributed by atoms with Gasteiger partial charge in [-0.15, -0.1) is 0 Å². The van der Waals surface area contributed by atoms with Gasteiger partial charge in [0.25, 0.3) is 0 Å². The summed E-state index contributed by atoms with van der Waals surface area (Å²) >= 11 is 0. The normalized spacial score (nSPS) is 10.0. The number of carbonyl (C=O) groups excluding carboxylic acids is 1. The van der Waals surface area contributed by atoms with Gasteiger partial charge in [0, 0.05) is 11.8 Å². The molecule has 0 saturated carbocycles. The maximum Gasteiger partial charge on any atom is 0.142 e. The highest BCUT2D eigenvalue weighted by Gasteiger charge is 1.92. The van der Waals surface area contributed by atoms with Crippen molar-refractivity contribution in [1.82, 2.24) is 4.98 Å². The van der Waals surface area contributed by atoms with Gasteiger partial charge in [0.2, 0.25) is 0 Å². The van der Waals surface area contributed by atoms with Crippen molar-refractivity contribution in [2.75, 3.05) is 0 Å². The average molecular weight is 159 g/mol. The maximum atomic E-state index is 10.0. The van der Waals surface area contributed by atoms with E-state index in [4.69, 9.17) is 0 Å². The lowest BCUT2D eigenvalue weighted by molar-refractivity contribution is -0.104. The minimum absolute atomic E-state index is 0.736. The Labute approximate surface area is 71.3 Å². The largest absolute Gasteiger partial charge is 0.299 e. The molecule has 0 N–H and O–H groups in total. The summed E-state index contributed by atoms with van der Waals surface area (Å²) in [5.41, 5.74) is 1.69. The third-order valence-corrected chi connectivity index (χ3v) is 1.42. The van der Waals surface area contributed by atoms with Crippen molar-refractivity contribution in [3.63, 3.8) is 0 Å². The zero-order chi connectivity index (χ0) is 8.81. The fraction of sp³-hybridized carbons (Fsp3) is 0. The molecule has 0 unspecified atom stereocenters. The molecule has 12 heavy (non-hydrogen) atoms. The average Bonchev–Trinajstić information content (AvgIpc) is 2.15. The van der Waals surface area contributed by atoms with Crippen molar-refractivity contribution in [1.29, 1.82) is 0 Å². The van der Waals surface area contributed by atoms with E-state index in [0.717, 1.165) is 17.5 Å². The van der Waals surface area contributed by atoms with Crippen LogP contribution in [0.4, 0.5) is 0 Å². The van der Waals surface area contributed by atoms with Crippen molar-refractivity contribution in [2.24, 2.45) is 0 Å². The second-order valence-electron chi connectivity index (χ2n) is 2.18. The van der Waals surface area contributed by atoms with Crippen LogP contribution in [-0.4, -0.2) is 11.3 Å². The third-order valence-electron chi connectivity index (χ3n) is 1.42. The Balaban J connectivity index is 3.04. The van der Waals surface area contributed by atoms with Crippen molar-refractivity contribution in [3.8, 4) is 0 Å². The number of pyridine rings is 1. The first-order valence-corrected chi connectivity index (χ1v) is 3.58.